The van der Waals surface area contributed by atoms with E-state index in [4.69, 9.17) is 10.1 Å². The van der Waals surface area contributed by atoms with Gasteiger partial charge in [-0.2, -0.15) is 5.10 Å². The summed E-state index contributed by atoms with van der Waals surface area (Å²) in [5.41, 5.74) is 8.03. The molecule has 0 bridgehead atoms. The molecule has 0 saturated carbocycles. The summed E-state index contributed by atoms with van der Waals surface area (Å²) in [5.74, 6) is 0.457. The minimum Gasteiger partial charge on any atom is -0.298 e. The first-order chi connectivity index (χ1) is 14.7. The Labute approximate surface area is 177 Å². The fourth-order valence-corrected chi connectivity index (χ4v) is 4.73. The third-order valence-corrected chi connectivity index (χ3v) is 6.19. The van der Waals surface area contributed by atoms with Crippen molar-refractivity contribution in [2.24, 2.45) is 0 Å². The van der Waals surface area contributed by atoms with E-state index < -0.39 is 0 Å². The van der Waals surface area contributed by atoms with Crippen LogP contribution in [0.3, 0.4) is 0 Å². The standard InChI is InChI=1S/C25H27N5/c1-18-15-26-12-10-22(18)24-19(2)28-30-23(11-13-27-25(24)30)21-9-6-14-29(17-21)16-20-7-4-3-5-8-20/h3-5,7-8,10-13,15,21H,6,9,14,16-17H2,1-2H3. The van der Waals surface area contributed by atoms with Gasteiger partial charge in [0, 0.05) is 43.2 Å². The van der Waals surface area contributed by atoms with Crippen LogP contribution in [0.2, 0.25) is 0 Å². The molecule has 5 rings (SSSR count). The summed E-state index contributed by atoms with van der Waals surface area (Å²) in [4.78, 5) is 11.5. The highest BCUT2D eigenvalue weighted by Crippen LogP contribution is 2.33. The maximum atomic E-state index is 4.93. The van der Waals surface area contributed by atoms with Crippen LogP contribution in [0, 0.1) is 13.8 Å². The van der Waals surface area contributed by atoms with Crippen LogP contribution < -0.4 is 0 Å². The van der Waals surface area contributed by atoms with Crippen LogP contribution in [0.1, 0.15) is 41.3 Å². The number of benzene rings is 1. The molecule has 152 valence electrons. The molecular weight excluding hydrogens is 370 g/mol. The molecule has 0 radical (unpaired) electrons. The molecule has 1 aromatic carbocycles. The highest BCUT2D eigenvalue weighted by atomic mass is 15.3. The molecule has 3 aromatic heterocycles. The van der Waals surface area contributed by atoms with E-state index in [1.54, 1.807) is 0 Å². The summed E-state index contributed by atoms with van der Waals surface area (Å²) in [6.45, 7) is 7.38. The van der Waals surface area contributed by atoms with Gasteiger partial charge in [-0.05, 0) is 62.1 Å². The smallest absolute Gasteiger partial charge is 0.163 e. The molecule has 1 aliphatic rings. The van der Waals surface area contributed by atoms with Gasteiger partial charge < -0.3 is 0 Å². The molecule has 0 N–H and O–H groups in total. The van der Waals surface area contributed by atoms with Gasteiger partial charge in [-0.15, -0.1) is 0 Å². The zero-order valence-corrected chi connectivity index (χ0v) is 17.6. The molecule has 0 amide bonds. The van der Waals surface area contributed by atoms with Crippen LogP contribution in [0.4, 0.5) is 0 Å². The topological polar surface area (TPSA) is 46.3 Å². The molecule has 4 aromatic rings. The van der Waals surface area contributed by atoms with E-state index in [-0.39, 0.29) is 0 Å². The van der Waals surface area contributed by atoms with Crippen molar-refractivity contribution in [3.05, 3.63) is 83.6 Å². The summed E-state index contributed by atoms with van der Waals surface area (Å²) in [7, 11) is 0. The number of fused-ring (bicyclic) bond motifs is 1. The number of nitrogens with zero attached hydrogens (tertiary/aromatic N) is 5. The predicted molar refractivity (Wildman–Crippen MR) is 119 cm³/mol. The van der Waals surface area contributed by atoms with Crippen molar-refractivity contribution in [3.63, 3.8) is 0 Å². The number of rotatable bonds is 4. The largest absolute Gasteiger partial charge is 0.298 e. The van der Waals surface area contributed by atoms with E-state index in [0.717, 1.165) is 47.7 Å². The predicted octanol–water partition coefficient (Wildman–Crippen LogP) is 4.79. The lowest BCUT2D eigenvalue weighted by Crippen LogP contribution is -2.34. The van der Waals surface area contributed by atoms with Crippen molar-refractivity contribution in [3.8, 4) is 11.1 Å². The third-order valence-electron chi connectivity index (χ3n) is 6.19. The molecule has 5 nitrogen and oxygen atoms in total. The van der Waals surface area contributed by atoms with Gasteiger partial charge >= 0.3 is 0 Å². The van der Waals surface area contributed by atoms with Gasteiger partial charge in [0.2, 0.25) is 0 Å². The lowest BCUT2D eigenvalue weighted by atomic mass is 9.94. The molecule has 0 aliphatic carbocycles. The molecule has 1 unspecified atom stereocenters. The van der Waals surface area contributed by atoms with Crippen LogP contribution in [-0.2, 0) is 6.54 Å². The summed E-state index contributed by atoms with van der Waals surface area (Å²) >= 11 is 0. The Balaban J connectivity index is 1.49. The lowest BCUT2D eigenvalue weighted by molar-refractivity contribution is 0.197. The van der Waals surface area contributed by atoms with Crippen LogP contribution in [-0.4, -0.2) is 37.6 Å². The van der Waals surface area contributed by atoms with E-state index in [1.165, 1.54) is 24.1 Å². The van der Waals surface area contributed by atoms with Crippen molar-refractivity contribution in [1.29, 1.82) is 0 Å². The molecule has 1 atom stereocenters. The maximum absolute atomic E-state index is 4.93. The van der Waals surface area contributed by atoms with E-state index in [0.29, 0.717) is 5.92 Å². The van der Waals surface area contributed by atoms with Gasteiger partial charge in [0.05, 0.1) is 11.4 Å². The van der Waals surface area contributed by atoms with Crippen molar-refractivity contribution in [1.82, 2.24) is 24.5 Å². The van der Waals surface area contributed by atoms with Gasteiger partial charge in [-0.1, -0.05) is 30.3 Å². The fraction of sp³-hybridized carbons (Fsp3) is 0.320. The number of piperidine rings is 1. The SMILES string of the molecule is Cc1cnccc1-c1c(C)nn2c(C3CCCN(Cc4ccccc4)C3)ccnc12. The van der Waals surface area contributed by atoms with Gasteiger partial charge in [0.1, 0.15) is 0 Å². The quantitative estimate of drug-likeness (QED) is 0.497. The Kier molecular flexibility index (Phi) is 5.05. The summed E-state index contributed by atoms with van der Waals surface area (Å²) in [6.07, 6.45) is 8.09. The first-order valence-electron chi connectivity index (χ1n) is 10.7. The van der Waals surface area contributed by atoms with Crippen molar-refractivity contribution >= 4 is 5.65 Å². The summed E-state index contributed by atoms with van der Waals surface area (Å²) in [5, 5.41) is 4.93. The number of pyridine rings is 1. The molecular formula is C25H27N5. The molecule has 1 fully saturated rings. The van der Waals surface area contributed by atoms with Gasteiger partial charge in [0.25, 0.3) is 0 Å². The minimum atomic E-state index is 0.457. The fourth-order valence-electron chi connectivity index (χ4n) is 4.73. The van der Waals surface area contributed by atoms with Gasteiger partial charge in [0.15, 0.2) is 5.65 Å². The van der Waals surface area contributed by atoms with Crippen LogP contribution in [0.25, 0.3) is 16.8 Å². The van der Waals surface area contributed by atoms with E-state index >= 15 is 0 Å². The van der Waals surface area contributed by atoms with Crippen LogP contribution in [0.15, 0.2) is 61.1 Å². The number of likely N-dealkylation sites (tertiary alicyclic amines) is 1. The second-order valence-corrected chi connectivity index (χ2v) is 8.32. The van der Waals surface area contributed by atoms with E-state index in [2.05, 4.69) is 70.7 Å². The van der Waals surface area contributed by atoms with Crippen LogP contribution in [0.5, 0.6) is 0 Å². The second kappa shape index (κ2) is 8.00. The van der Waals surface area contributed by atoms with Gasteiger partial charge in [-0.25, -0.2) is 9.50 Å². The number of aromatic nitrogens is 4. The Hall–Kier alpha value is -3.05. The van der Waals surface area contributed by atoms with Crippen molar-refractivity contribution < 1.29 is 0 Å². The zero-order valence-electron chi connectivity index (χ0n) is 17.6. The van der Waals surface area contributed by atoms with Crippen LogP contribution >= 0.6 is 0 Å². The number of hydrogen-bond acceptors (Lipinski definition) is 4. The maximum Gasteiger partial charge on any atom is 0.163 e. The van der Waals surface area contributed by atoms with E-state index in [9.17, 15) is 0 Å². The number of aryl methyl sites for hydroxylation is 2. The molecule has 1 saturated heterocycles. The minimum absolute atomic E-state index is 0.457. The first-order valence-corrected chi connectivity index (χ1v) is 10.7. The van der Waals surface area contributed by atoms with Crippen molar-refractivity contribution in [2.75, 3.05) is 13.1 Å². The molecule has 5 heteroatoms. The van der Waals surface area contributed by atoms with Crippen molar-refractivity contribution in [2.45, 2.75) is 39.2 Å². The average Bonchev–Trinajstić information content (AvgIpc) is 3.11. The Bertz CT molecular complexity index is 1160. The molecule has 30 heavy (non-hydrogen) atoms. The highest BCUT2D eigenvalue weighted by molar-refractivity contribution is 5.81. The average molecular weight is 398 g/mol. The normalized spacial score (nSPS) is 17.5. The summed E-state index contributed by atoms with van der Waals surface area (Å²) < 4.78 is 2.08. The zero-order chi connectivity index (χ0) is 20.5. The monoisotopic (exact) mass is 397 g/mol. The van der Waals surface area contributed by atoms with E-state index in [1.807, 2.05) is 18.6 Å². The highest BCUT2D eigenvalue weighted by Gasteiger charge is 2.25. The Morgan fingerprint density at radius 1 is 1.03 bits per heavy atom. The Morgan fingerprint density at radius 3 is 2.73 bits per heavy atom. The molecule has 1 aliphatic heterocycles. The lowest BCUT2D eigenvalue weighted by Gasteiger charge is -2.33. The summed E-state index contributed by atoms with van der Waals surface area (Å²) in [6, 6.07) is 15.0. The molecule has 0 spiro atoms. The second-order valence-electron chi connectivity index (χ2n) is 8.32. The van der Waals surface area contributed by atoms with Gasteiger partial charge in [-0.3, -0.25) is 9.88 Å². The number of hydrogen-bond donors (Lipinski definition) is 0. The Morgan fingerprint density at radius 2 is 1.90 bits per heavy atom. The molecule has 4 heterocycles. The third kappa shape index (κ3) is 3.50. The first kappa shape index (κ1) is 18.9.